The minimum atomic E-state index is -2.81. The van der Waals surface area contributed by atoms with Crippen molar-refractivity contribution >= 4 is 32.4 Å². The Labute approximate surface area is 92.3 Å². The Kier molecular flexibility index (Phi) is 2.86. The highest BCUT2D eigenvalue weighted by Gasteiger charge is 2.38. The van der Waals surface area contributed by atoms with Crippen molar-refractivity contribution in [2.24, 2.45) is 0 Å². The number of halogens is 1. The summed E-state index contributed by atoms with van der Waals surface area (Å²) < 4.78 is 28.4. The fraction of sp³-hybridized carbons (Fsp3) is 1.00. The van der Waals surface area contributed by atoms with Crippen LogP contribution in [0.3, 0.4) is 0 Å². The van der Waals surface area contributed by atoms with Gasteiger partial charge in [0.15, 0.2) is 9.84 Å². The number of alkyl halides is 1. The van der Waals surface area contributed by atoms with Crippen molar-refractivity contribution < 1.29 is 13.2 Å². The van der Waals surface area contributed by atoms with Crippen LogP contribution >= 0.6 is 22.6 Å². The van der Waals surface area contributed by atoms with Gasteiger partial charge in [-0.25, -0.2) is 8.42 Å². The Morgan fingerprint density at radius 2 is 1.92 bits per heavy atom. The minimum absolute atomic E-state index is 0.0455. The molecule has 0 radical (unpaired) electrons. The zero-order valence-electron chi connectivity index (χ0n) is 7.28. The SMILES string of the molecule is O=S1(=O)CC(I)C(OC2CCC2)C1. The largest absolute Gasteiger partial charge is 0.373 e. The summed E-state index contributed by atoms with van der Waals surface area (Å²) in [5, 5.41) is 0. The Morgan fingerprint density at radius 1 is 1.23 bits per heavy atom. The first-order chi connectivity index (χ1) is 6.07. The van der Waals surface area contributed by atoms with E-state index in [-0.39, 0.29) is 15.8 Å². The third kappa shape index (κ3) is 2.36. The highest BCUT2D eigenvalue weighted by molar-refractivity contribution is 14.1. The molecule has 2 fully saturated rings. The number of sulfone groups is 1. The summed E-state index contributed by atoms with van der Waals surface area (Å²) in [7, 11) is -2.81. The Hall–Kier alpha value is 0.640. The van der Waals surface area contributed by atoms with Crippen LogP contribution in [0.15, 0.2) is 0 Å². The molecule has 0 aromatic heterocycles. The zero-order chi connectivity index (χ0) is 9.47. The first-order valence-electron chi connectivity index (χ1n) is 4.57. The van der Waals surface area contributed by atoms with Gasteiger partial charge in [-0.3, -0.25) is 0 Å². The molecule has 2 rings (SSSR count). The van der Waals surface area contributed by atoms with Crippen molar-refractivity contribution in [1.29, 1.82) is 0 Å². The van der Waals surface area contributed by atoms with E-state index in [1.807, 2.05) is 0 Å². The van der Waals surface area contributed by atoms with E-state index in [2.05, 4.69) is 22.6 Å². The quantitative estimate of drug-likeness (QED) is 0.567. The molecule has 1 aliphatic carbocycles. The van der Waals surface area contributed by atoms with Crippen LogP contribution in [0, 0.1) is 0 Å². The number of hydrogen-bond acceptors (Lipinski definition) is 3. The third-order valence-corrected chi connectivity index (χ3v) is 6.20. The molecule has 13 heavy (non-hydrogen) atoms. The summed E-state index contributed by atoms with van der Waals surface area (Å²) in [6, 6.07) is 0. The van der Waals surface area contributed by atoms with Crippen LogP contribution in [0.5, 0.6) is 0 Å². The molecule has 2 unspecified atom stereocenters. The summed E-state index contributed by atoms with van der Waals surface area (Å²) in [4.78, 5) is 0. The molecule has 0 aromatic rings. The summed E-state index contributed by atoms with van der Waals surface area (Å²) in [5.41, 5.74) is 0. The Morgan fingerprint density at radius 3 is 2.31 bits per heavy atom. The smallest absolute Gasteiger partial charge is 0.154 e. The van der Waals surface area contributed by atoms with Gasteiger partial charge in [0, 0.05) is 0 Å². The monoisotopic (exact) mass is 316 g/mol. The van der Waals surface area contributed by atoms with E-state index in [1.165, 1.54) is 6.42 Å². The topological polar surface area (TPSA) is 43.4 Å². The van der Waals surface area contributed by atoms with E-state index in [0.717, 1.165) is 12.8 Å². The first-order valence-corrected chi connectivity index (χ1v) is 7.63. The lowest BCUT2D eigenvalue weighted by molar-refractivity contribution is -0.0355. The van der Waals surface area contributed by atoms with Crippen LogP contribution in [0.25, 0.3) is 0 Å². The molecule has 76 valence electrons. The van der Waals surface area contributed by atoms with Crippen LogP contribution in [-0.2, 0) is 14.6 Å². The molecule has 3 nitrogen and oxygen atoms in total. The predicted molar refractivity (Wildman–Crippen MR) is 59.0 cm³/mol. The molecule has 1 saturated heterocycles. The molecule has 0 N–H and O–H groups in total. The number of hydrogen-bond donors (Lipinski definition) is 0. The van der Waals surface area contributed by atoms with Gasteiger partial charge in [-0.05, 0) is 19.3 Å². The van der Waals surface area contributed by atoms with Crippen LogP contribution in [0.4, 0.5) is 0 Å². The number of rotatable bonds is 2. The molecule has 1 heterocycles. The zero-order valence-corrected chi connectivity index (χ0v) is 10.3. The average Bonchev–Trinajstić information content (AvgIpc) is 2.16. The summed E-state index contributed by atoms with van der Waals surface area (Å²) >= 11 is 2.19. The molecule has 0 aromatic carbocycles. The van der Waals surface area contributed by atoms with E-state index in [4.69, 9.17) is 4.74 Å². The molecule has 0 spiro atoms. The van der Waals surface area contributed by atoms with Crippen LogP contribution < -0.4 is 0 Å². The van der Waals surface area contributed by atoms with Gasteiger partial charge in [0.1, 0.15) is 0 Å². The molecule has 2 atom stereocenters. The van der Waals surface area contributed by atoms with Crippen molar-refractivity contribution in [3.63, 3.8) is 0 Å². The lowest BCUT2D eigenvalue weighted by Gasteiger charge is -2.29. The van der Waals surface area contributed by atoms with Gasteiger partial charge in [0.05, 0.1) is 27.6 Å². The molecular formula is C8H13IO3S. The van der Waals surface area contributed by atoms with E-state index in [0.29, 0.717) is 11.9 Å². The molecule has 0 bridgehead atoms. The normalized spacial score (nSPS) is 38.8. The maximum atomic E-state index is 11.3. The summed E-state index contributed by atoms with van der Waals surface area (Å²) in [6.07, 6.45) is 3.75. The van der Waals surface area contributed by atoms with Gasteiger partial charge >= 0.3 is 0 Å². The van der Waals surface area contributed by atoms with Crippen LogP contribution in [0.1, 0.15) is 19.3 Å². The maximum Gasteiger partial charge on any atom is 0.154 e. The molecule has 0 amide bonds. The van der Waals surface area contributed by atoms with E-state index in [1.54, 1.807) is 0 Å². The van der Waals surface area contributed by atoms with Gasteiger partial charge in [-0.1, -0.05) is 22.6 Å². The van der Waals surface area contributed by atoms with Crippen molar-refractivity contribution in [3.8, 4) is 0 Å². The molecular weight excluding hydrogens is 303 g/mol. The first kappa shape index (κ1) is 10.2. The van der Waals surface area contributed by atoms with Crippen LogP contribution in [0.2, 0.25) is 0 Å². The lowest BCUT2D eigenvalue weighted by Crippen LogP contribution is -2.32. The second-order valence-corrected chi connectivity index (χ2v) is 7.57. The molecule has 5 heteroatoms. The fourth-order valence-electron chi connectivity index (χ4n) is 1.65. The average molecular weight is 316 g/mol. The highest BCUT2D eigenvalue weighted by Crippen LogP contribution is 2.29. The summed E-state index contributed by atoms with van der Waals surface area (Å²) in [5.74, 6) is 0.530. The fourth-order valence-corrected chi connectivity index (χ4v) is 5.71. The van der Waals surface area contributed by atoms with Crippen molar-refractivity contribution in [1.82, 2.24) is 0 Å². The van der Waals surface area contributed by atoms with Crippen LogP contribution in [-0.4, -0.2) is 36.1 Å². The van der Waals surface area contributed by atoms with Gasteiger partial charge in [0.2, 0.25) is 0 Å². The lowest BCUT2D eigenvalue weighted by atomic mass is 9.96. The molecule has 1 aliphatic heterocycles. The van der Waals surface area contributed by atoms with E-state index >= 15 is 0 Å². The minimum Gasteiger partial charge on any atom is -0.373 e. The predicted octanol–water partition coefficient (Wildman–Crippen LogP) is 1.16. The van der Waals surface area contributed by atoms with Gasteiger partial charge in [-0.15, -0.1) is 0 Å². The Bertz CT molecular complexity index is 284. The molecule has 1 saturated carbocycles. The van der Waals surface area contributed by atoms with Gasteiger partial charge in [0.25, 0.3) is 0 Å². The maximum absolute atomic E-state index is 11.3. The van der Waals surface area contributed by atoms with E-state index < -0.39 is 9.84 Å². The van der Waals surface area contributed by atoms with Crippen molar-refractivity contribution in [3.05, 3.63) is 0 Å². The third-order valence-electron chi connectivity index (χ3n) is 2.65. The number of ether oxygens (including phenoxy) is 1. The van der Waals surface area contributed by atoms with E-state index in [9.17, 15) is 8.42 Å². The second-order valence-electron chi connectivity index (χ2n) is 3.82. The van der Waals surface area contributed by atoms with Crippen molar-refractivity contribution in [2.75, 3.05) is 11.5 Å². The van der Waals surface area contributed by atoms with Crippen molar-refractivity contribution in [2.45, 2.75) is 35.4 Å². The summed E-state index contributed by atoms with van der Waals surface area (Å²) in [6.45, 7) is 0. The highest BCUT2D eigenvalue weighted by atomic mass is 127. The second kappa shape index (κ2) is 3.66. The van der Waals surface area contributed by atoms with Gasteiger partial charge < -0.3 is 4.74 Å². The molecule has 2 aliphatic rings. The Balaban J connectivity index is 1.92. The standard InChI is InChI=1S/C8H13IO3S/c9-7-4-13(10,11)5-8(7)12-6-2-1-3-6/h6-8H,1-5H2. The van der Waals surface area contributed by atoms with Gasteiger partial charge in [-0.2, -0.15) is 0 Å².